The van der Waals surface area contributed by atoms with Gasteiger partial charge in [-0.3, -0.25) is 4.79 Å². The minimum Gasteiger partial charge on any atom is -0.399 e. The predicted molar refractivity (Wildman–Crippen MR) is 85.0 cm³/mol. The number of aromatic nitrogens is 1. The fourth-order valence-corrected chi connectivity index (χ4v) is 2.73. The average molecular weight is 305 g/mol. The standard InChI is InChI=1S/C15H19N3O2S/c1-2-12(8-19)17-14(20)7-13-9-21-15(18-13)10-4-3-5-11(16)6-10/h3-6,9,12,19H,2,7-8,16H2,1H3,(H,17,20). The second-order valence-electron chi connectivity index (χ2n) is 4.80. The van der Waals surface area contributed by atoms with Crippen LogP contribution in [0.1, 0.15) is 19.0 Å². The summed E-state index contributed by atoms with van der Waals surface area (Å²) in [6.07, 6.45) is 0.920. The summed E-state index contributed by atoms with van der Waals surface area (Å²) in [5.41, 5.74) is 8.13. The minimum atomic E-state index is -0.190. The molecule has 0 aliphatic carbocycles. The maximum absolute atomic E-state index is 11.9. The Kier molecular flexibility index (Phi) is 5.30. The van der Waals surface area contributed by atoms with Gasteiger partial charge in [0, 0.05) is 16.6 Å². The number of benzene rings is 1. The maximum atomic E-state index is 11.9. The zero-order chi connectivity index (χ0) is 15.2. The van der Waals surface area contributed by atoms with Crippen molar-refractivity contribution in [2.24, 2.45) is 0 Å². The molecule has 0 aliphatic heterocycles. The van der Waals surface area contributed by atoms with E-state index in [2.05, 4.69) is 10.3 Å². The van der Waals surface area contributed by atoms with E-state index >= 15 is 0 Å². The van der Waals surface area contributed by atoms with E-state index < -0.39 is 0 Å². The quantitative estimate of drug-likeness (QED) is 0.710. The topological polar surface area (TPSA) is 88.2 Å². The Morgan fingerprint density at radius 1 is 1.52 bits per heavy atom. The first-order valence-corrected chi connectivity index (χ1v) is 7.71. The van der Waals surface area contributed by atoms with Gasteiger partial charge >= 0.3 is 0 Å². The van der Waals surface area contributed by atoms with Crippen LogP contribution in [-0.2, 0) is 11.2 Å². The molecule has 1 atom stereocenters. The Morgan fingerprint density at radius 2 is 2.33 bits per heavy atom. The number of thiazole rings is 1. The smallest absolute Gasteiger partial charge is 0.226 e. The first-order chi connectivity index (χ1) is 10.1. The molecular weight excluding hydrogens is 286 g/mol. The molecule has 1 unspecified atom stereocenters. The number of anilines is 1. The van der Waals surface area contributed by atoms with Crippen molar-refractivity contribution in [3.05, 3.63) is 35.3 Å². The van der Waals surface area contributed by atoms with E-state index in [1.807, 2.05) is 36.6 Å². The number of nitrogens with two attached hydrogens (primary N) is 1. The van der Waals surface area contributed by atoms with Gasteiger partial charge < -0.3 is 16.2 Å². The third-order valence-electron chi connectivity index (χ3n) is 3.11. The van der Waals surface area contributed by atoms with Gasteiger partial charge in [-0.1, -0.05) is 19.1 Å². The van der Waals surface area contributed by atoms with Gasteiger partial charge in [0.1, 0.15) is 5.01 Å². The Balaban J connectivity index is 2.02. The summed E-state index contributed by atoms with van der Waals surface area (Å²) in [5, 5.41) is 14.6. The molecule has 0 saturated heterocycles. The Hall–Kier alpha value is -1.92. The van der Waals surface area contributed by atoms with Crippen LogP contribution in [0.15, 0.2) is 29.6 Å². The van der Waals surface area contributed by atoms with Crippen LogP contribution < -0.4 is 11.1 Å². The molecule has 6 heteroatoms. The normalized spacial score (nSPS) is 12.1. The van der Waals surface area contributed by atoms with Crippen LogP contribution in [0.3, 0.4) is 0 Å². The highest BCUT2D eigenvalue weighted by atomic mass is 32.1. The lowest BCUT2D eigenvalue weighted by molar-refractivity contribution is -0.121. The first-order valence-electron chi connectivity index (χ1n) is 6.83. The molecule has 2 rings (SSSR count). The van der Waals surface area contributed by atoms with Crippen LogP contribution in [0.5, 0.6) is 0 Å². The first kappa shape index (κ1) is 15.5. The third kappa shape index (κ3) is 4.27. The number of amides is 1. The molecule has 0 fully saturated rings. The van der Waals surface area contributed by atoms with Crippen molar-refractivity contribution in [2.75, 3.05) is 12.3 Å². The summed E-state index contributed by atoms with van der Waals surface area (Å²) in [6.45, 7) is 1.87. The molecule has 0 radical (unpaired) electrons. The van der Waals surface area contributed by atoms with E-state index in [1.54, 1.807) is 0 Å². The second-order valence-corrected chi connectivity index (χ2v) is 5.66. The predicted octanol–water partition coefficient (Wildman–Crippen LogP) is 1.82. The number of rotatable bonds is 6. The molecule has 1 amide bonds. The third-order valence-corrected chi connectivity index (χ3v) is 4.05. The van der Waals surface area contributed by atoms with Crippen molar-refractivity contribution in [1.29, 1.82) is 0 Å². The van der Waals surface area contributed by atoms with Crippen molar-refractivity contribution in [3.63, 3.8) is 0 Å². The summed E-state index contributed by atoms with van der Waals surface area (Å²) in [4.78, 5) is 16.3. The van der Waals surface area contributed by atoms with Gasteiger partial charge in [0.05, 0.1) is 24.8 Å². The largest absolute Gasteiger partial charge is 0.399 e. The van der Waals surface area contributed by atoms with E-state index in [9.17, 15) is 4.79 Å². The Bertz CT molecular complexity index is 608. The van der Waals surface area contributed by atoms with Crippen LogP contribution in [0, 0.1) is 0 Å². The second kappa shape index (κ2) is 7.19. The summed E-state index contributed by atoms with van der Waals surface area (Å²) < 4.78 is 0. The number of aliphatic hydroxyl groups excluding tert-OH is 1. The average Bonchev–Trinajstić information content (AvgIpc) is 2.93. The van der Waals surface area contributed by atoms with Crippen LogP contribution in [0.4, 0.5) is 5.69 Å². The van der Waals surface area contributed by atoms with Gasteiger partial charge in [0.25, 0.3) is 0 Å². The van der Waals surface area contributed by atoms with E-state index in [0.29, 0.717) is 12.1 Å². The molecule has 1 heterocycles. The summed E-state index contributed by atoms with van der Waals surface area (Å²) in [7, 11) is 0. The van der Waals surface area contributed by atoms with E-state index in [0.717, 1.165) is 16.3 Å². The molecule has 4 N–H and O–H groups in total. The molecule has 2 aromatic rings. The zero-order valence-electron chi connectivity index (χ0n) is 11.9. The summed E-state index contributed by atoms with van der Waals surface area (Å²) in [6, 6.07) is 7.32. The lowest BCUT2D eigenvalue weighted by atomic mass is 10.2. The van der Waals surface area contributed by atoms with Gasteiger partial charge in [-0.15, -0.1) is 11.3 Å². The van der Waals surface area contributed by atoms with E-state index in [1.165, 1.54) is 11.3 Å². The minimum absolute atomic E-state index is 0.0478. The van der Waals surface area contributed by atoms with E-state index in [4.69, 9.17) is 10.8 Å². The van der Waals surface area contributed by atoms with Crippen molar-refractivity contribution < 1.29 is 9.90 Å². The highest BCUT2D eigenvalue weighted by Crippen LogP contribution is 2.25. The van der Waals surface area contributed by atoms with Crippen molar-refractivity contribution in [2.45, 2.75) is 25.8 Å². The fraction of sp³-hybridized carbons (Fsp3) is 0.333. The highest BCUT2D eigenvalue weighted by Gasteiger charge is 2.12. The van der Waals surface area contributed by atoms with E-state index in [-0.39, 0.29) is 25.0 Å². The number of nitrogens with one attached hydrogen (secondary N) is 1. The van der Waals surface area contributed by atoms with Crippen molar-refractivity contribution >= 4 is 22.9 Å². The van der Waals surface area contributed by atoms with Crippen LogP contribution in [0.25, 0.3) is 10.6 Å². The molecule has 0 spiro atoms. The van der Waals surface area contributed by atoms with Gasteiger partial charge in [0.2, 0.25) is 5.91 Å². The molecular formula is C15H19N3O2S. The van der Waals surface area contributed by atoms with Gasteiger partial charge in [-0.05, 0) is 18.6 Å². The lowest BCUT2D eigenvalue weighted by Crippen LogP contribution is -2.37. The zero-order valence-corrected chi connectivity index (χ0v) is 12.7. The molecule has 0 aliphatic rings. The van der Waals surface area contributed by atoms with Gasteiger partial charge in [0.15, 0.2) is 0 Å². The van der Waals surface area contributed by atoms with Crippen LogP contribution >= 0.6 is 11.3 Å². The molecule has 5 nitrogen and oxygen atoms in total. The van der Waals surface area contributed by atoms with Crippen LogP contribution in [0.2, 0.25) is 0 Å². The molecule has 0 bridgehead atoms. The number of nitrogens with zero attached hydrogens (tertiary/aromatic N) is 1. The van der Waals surface area contributed by atoms with Gasteiger partial charge in [-0.2, -0.15) is 0 Å². The number of carbonyl (C=O) groups is 1. The monoisotopic (exact) mass is 305 g/mol. The number of hydrogen-bond donors (Lipinski definition) is 3. The molecule has 112 valence electrons. The molecule has 1 aromatic carbocycles. The Labute approximate surface area is 127 Å². The number of carbonyl (C=O) groups excluding carboxylic acids is 1. The fourth-order valence-electron chi connectivity index (χ4n) is 1.91. The van der Waals surface area contributed by atoms with Crippen molar-refractivity contribution in [1.82, 2.24) is 10.3 Å². The highest BCUT2D eigenvalue weighted by molar-refractivity contribution is 7.13. The summed E-state index contributed by atoms with van der Waals surface area (Å²) in [5.74, 6) is -0.125. The SMILES string of the molecule is CCC(CO)NC(=O)Cc1csc(-c2cccc(N)c2)n1. The Morgan fingerprint density at radius 3 is 3.00 bits per heavy atom. The number of hydrogen-bond acceptors (Lipinski definition) is 5. The van der Waals surface area contributed by atoms with Crippen LogP contribution in [-0.4, -0.2) is 28.6 Å². The van der Waals surface area contributed by atoms with Crippen molar-refractivity contribution in [3.8, 4) is 10.6 Å². The maximum Gasteiger partial charge on any atom is 0.226 e. The number of aliphatic hydroxyl groups is 1. The summed E-state index contributed by atoms with van der Waals surface area (Å²) >= 11 is 1.49. The molecule has 0 saturated carbocycles. The molecule has 1 aromatic heterocycles. The number of nitrogen functional groups attached to an aromatic ring is 1. The lowest BCUT2D eigenvalue weighted by Gasteiger charge is -2.13. The van der Waals surface area contributed by atoms with Gasteiger partial charge in [-0.25, -0.2) is 4.98 Å². The molecule has 21 heavy (non-hydrogen) atoms.